The molecule has 4 nitrogen and oxygen atoms in total. The summed E-state index contributed by atoms with van der Waals surface area (Å²) < 4.78 is 0. The maximum Gasteiger partial charge on any atom is 0.115 e. The van der Waals surface area contributed by atoms with Crippen molar-refractivity contribution >= 4 is 6.21 Å². The second-order valence-corrected chi connectivity index (χ2v) is 2.22. The summed E-state index contributed by atoms with van der Waals surface area (Å²) in [6, 6.07) is 6.96. The average molecular weight is 183 g/mol. The number of hydrogen-bond donors (Lipinski definition) is 3. The van der Waals surface area contributed by atoms with Crippen LogP contribution in [0.15, 0.2) is 29.3 Å². The molecule has 0 saturated carbocycles. The molecule has 13 heavy (non-hydrogen) atoms. The summed E-state index contributed by atoms with van der Waals surface area (Å²) in [6.07, 6.45) is 1.79. The minimum atomic E-state index is 0.290. The predicted molar refractivity (Wildman–Crippen MR) is 51.5 cm³/mol. The van der Waals surface area contributed by atoms with Crippen LogP contribution in [0.5, 0.6) is 5.75 Å². The van der Waals surface area contributed by atoms with Crippen molar-refractivity contribution in [2.24, 2.45) is 4.99 Å². The molecule has 3 N–H and O–H groups in total. The first-order valence-electron chi connectivity index (χ1n) is 3.82. The summed E-state index contributed by atoms with van der Waals surface area (Å²) in [5, 5.41) is 20.9. The second kappa shape index (κ2) is 7.27. The molecule has 0 unspecified atom stereocenters. The summed E-state index contributed by atoms with van der Waals surface area (Å²) in [5.41, 5.74) is 1.02. The fourth-order valence-electron chi connectivity index (χ4n) is 0.757. The highest BCUT2D eigenvalue weighted by atomic mass is 17.0. The van der Waals surface area contributed by atoms with E-state index >= 15 is 0 Å². The van der Waals surface area contributed by atoms with Crippen molar-refractivity contribution in [3.8, 4) is 5.75 Å². The molecule has 0 fully saturated rings. The number of hydrogen-bond acceptors (Lipinski definition) is 4. The van der Waals surface area contributed by atoms with E-state index in [0.717, 1.165) is 12.1 Å². The second-order valence-electron chi connectivity index (χ2n) is 2.22. The molecule has 0 saturated heterocycles. The van der Waals surface area contributed by atoms with E-state index in [4.69, 9.17) is 15.6 Å². The van der Waals surface area contributed by atoms with Crippen molar-refractivity contribution in [2.75, 3.05) is 6.54 Å². The van der Waals surface area contributed by atoms with Crippen LogP contribution in [0, 0.1) is 0 Å². The SMILES string of the molecule is CCN=Cc1ccc(O)cc1.OO. The molecule has 1 aromatic carbocycles. The van der Waals surface area contributed by atoms with Crippen LogP contribution in [0.3, 0.4) is 0 Å². The highest BCUT2D eigenvalue weighted by molar-refractivity contribution is 5.79. The maximum absolute atomic E-state index is 8.94. The Balaban J connectivity index is 0.000000671. The van der Waals surface area contributed by atoms with Gasteiger partial charge in [0.1, 0.15) is 5.75 Å². The average Bonchev–Trinajstić information content (AvgIpc) is 2.20. The molecule has 0 bridgehead atoms. The lowest BCUT2D eigenvalue weighted by atomic mass is 10.2. The predicted octanol–water partition coefficient (Wildman–Crippen LogP) is 1.85. The summed E-state index contributed by atoms with van der Waals surface area (Å²) in [6.45, 7) is 2.78. The fraction of sp³-hybridized carbons (Fsp3) is 0.222. The van der Waals surface area contributed by atoms with E-state index in [-0.39, 0.29) is 0 Å². The van der Waals surface area contributed by atoms with Crippen molar-refractivity contribution in [1.29, 1.82) is 0 Å². The van der Waals surface area contributed by atoms with Gasteiger partial charge in [-0.2, -0.15) is 0 Å². The van der Waals surface area contributed by atoms with Crippen LogP contribution in [0.1, 0.15) is 12.5 Å². The summed E-state index contributed by atoms with van der Waals surface area (Å²) in [4.78, 5) is 4.07. The Morgan fingerprint density at radius 2 is 1.77 bits per heavy atom. The van der Waals surface area contributed by atoms with Crippen LogP contribution in [0.25, 0.3) is 0 Å². The Hall–Kier alpha value is -1.39. The standard InChI is InChI=1S/C9H11NO.H2O2/c1-2-10-7-8-3-5-9(11)6-4-8;1-2/h3-7,11H,2H2,1H3;1-2H. The highest BCUT2D eigenvalue weighted by Crippen LogP contribution is 2.07. The van der Waals surface area contributed by atoms with Gasteiger partial charge in [-0.25, -0.2) is 0 Å². The van der Waals surface area contributed by atoms with E-state index in [1.165, 1.54) is 0 Å². The molecular formula is C9H13NO3. The molecule has 0 amide bonds. The number of phenols is 1. The molecule has 0 radical (unpaired) electrons. The van der Waals surface area contributed by atoms with Gasteiger partial charge in [-0.15, -0.1) is 0 Å². The Bertz CT molecular complexity index is 244. The zero-order chi connectivity index (χ0) is 10.1. The maximum atomic E-state index is 8.94. The monoisotopic (exact) mass is 183 g/mol. The number of phenolic OH excluding ortho intramolecular Hbond substituents is 1. The zero-order valence-corrected chi connectivity index (χ0v) is 7.38. The van der Waals surface area contributed by atoms with Gasteiger partial charge in [0.15, 0.2) is 0 Å². The molecule has 0 aliphatic rings. The molecule has 0 aliphatic heterocycles. The number of aromatic hydroxyl groups is 1. The number of nitrogens with zero attached hydrogens (tertiary/aromatic N) is 1. The lowest BCUT2D eigenvalue weighted by molar-refractivity contribution is -0.176. The third kappa shape index (κ3) is 4.95. The molecule has 0 heterocycles. The molecule has 1 rings (SSSR count). The Kier molecular flexibility index (Phi) is 6.49. The van der Waals surface area contributed by atoms with Gasteiger partial charge in [-0.05, 0) is 36.8 Å². The molecule has 72 valence electrons. The zero-order valence-electron chi connectivity index (χ0n) is 7.38. The van der Waals surface area contributed by atoms with E-state index in [1.54, 1.807) is 18.3 Å². The number of aliphatic imine (C=N–C) groups is 1. The molecular weight excluding hydrogens is 170 g/mol. The largest absolute Gasteiger partial charge is 0.508 e. The third-order valence-corrected chi connectivity index (χ3v) is 1.32. The molecule has 1 aromatic rings. The van der Waals surface area contributed by atoms with Crippen LogP contribution < -0.4 is 0 Å². The number of benzene rings is 1. The van der Waals surface area contributed by atoms with Crippen molar-refractivity contribution in [3.05, 3.63) is 29.8 Å². The van der Waals surface area contributed by atoms with Gasteiger partial charge in [0.25, 0.3) is 0 Å². The van der Waals surface area contributed by atoms with Crippen molar-refractivity contribution in [1.82, 2.24) is 0 Å². The molecule has 4 heteroatoms. The topological polar surface area (TPSA) is 73.1 Å². The van der Waals surface area contributed by atoms with E-state index in [1.807, 2.05) is 19.1 Å². The fourth-order valence-corrected chi connectivity index (χ4v) is 0.757. The van der Waals surface area contributed by atoms with Gasteiger partial charge in [0.2, 0.25) is 0 Å². The third-order valence-electron chi connectivity index (χ3n) is 1.32. The lowest BCUT2D eigenvalue weighted by Gasteiger charge is -1.92. The Morgan fingerprint density at radius 1 is 1.23 bits per heavy atom. The minimum absolute atomic E-state index is 0.290. The van der Waals surface area contributed by atoms with Gasteiger partial charge in [0, 0.05) is 12.8 Å². The number of rotatable bonds is 2. The molecule has 0 spiro atoms. The minimum Gasteiger partial charge on any atom is -0.508 e. The van der Waals surface area contributed by atoms with Crippen LogP contribution in [-0.2, 0) is 0 Å². The molecule has 0 aliphatic carbocycles. The van der Waals surface area contributed by atoms with Crippen LogP contribution >= 0.6 is 0 Å². The Labute approximate surface area is 76.7 Å². The van der Waals surface area contributed by atoms with Crippen LogP contribution in [0.2, 0.25) is 0 Å². The van der Waals surface area contributed by atoms with Gasteiger partial charge in [-0.1, -0.05) is 0 Å². The first-order chi connectivity index (χ1) is 6.33. The smallest absolute Gasteiger partial charge is 0.115 e. The van der Waals surface area contributed by atoms with E-state index in [0.29, 0.717) is 5.75 Å². The molecule has 0 aromatic heterocycles. The first kappa shape index (κ1) is 11.6. The summed E-state index contributed by atoms with van der Waals surface area (Å²) in [7, 11) is 0. The van der Waals surface area contributed by atoms with E-state index < -0.39 is 0 Å². The van der Waals surface area contributed by atoms with Gasteiger partial charge in [-0.3, -0.25) is 15.5 Å². The van der Waals surface area contributed by atoms with Gasteiger partial charge >= 0.3 is 0 Å². The van der Waals surface area contributed by atoms with Crippen LogP contribution in [0.4, 0.5) is 0 Å². The summed E-state index contributed by atoms with van der Waals surface area (Å²) in [5.74, 6) is 0.290. The lowest BCUT2D eigenvalue weighted by Crippen LogP contribution is -1.79. The Morgan fingerprint density at radius 3 is 2.23 bits per heavy atom. The van der Waals surface area contributed by atoms with Gasteiger partial charge in [0.05, 0.1) is 0 Å². The van der Waals surface area contributed by atoms with Crippen molar-refractivity contribution in [3.63, 3.8) is 0 Å². The van der Waals surface area contributed by atoms with E-state index in [2.05, 4.69) is 4.99 Å². The van der Waals surface area contributed by atoms with Crippen molar-refractivity contribution < 1.29 is 15.6 Å². The van der Waals surface area contributed by atoms with Gasteiger partial charge < -0.3 is 5.11 Å². The van der Waals surface area contributed by atoms with Crippen molar-refractivity contribution in [2.45, 2.75) is 6.92 Å². The van der Waals surface area contributed by atoms with Crippen LogP contribution in [-0.4, -0.2) is 28.4 Å². The first-order valence-corrected chi connectivity index (χ1v) is 3.82. The highest BCUT2D eigenvalue weighted by Gasteiger charge is 1.86. The van der Waals surface area contributed by atoms with E-state index in [9.17, 15) is 0 Å². The molecule has 0 atom stereocenters. The normalized spacial score (nSPS) is 9.46. The summed E-state index contributed by atoms with van der Waals surface area (Å²) >= 11 is 0. The quantitative estimate of drug-likeness (QED) is 0.372.